The molecule has 1 aromatic rings. The van der Waals surface area contributed by atoms with Gasteiger partial charge in [-0.15, -0.1) is 0 Å². The summed E-state index contributed by atoms with van der Waals surface area (Å²) < 4.78 is 4.52. The molecule has 0 saturated heterocycles. The van der Waals surface area contributed by atoms with Crippen LogP contribution in [0.5, 0.6) is 0 Å². The molecule has 2 rings (SSSR count). The number of carbonyl (C=O) groups is 3. The van der Waals surface area contributed by atoms with E-state index in [0.29, 0.717) is 11.3 Å². The fraction of sp³-hybridized carbons (Fsp3) is 0.250. The lowest BCUT2D eigenvalue weighted by Crippen LogP contribution is -2.33. The number of hydrogen-bond acceptors (Lipinski definition) is 5. The monoisotopic (exact) mass is 248 g/mol. The summed E-state index contributed by atoms with van der Waals surface area (Å²) in [7, 11) is 1.27. The molecule has 94 valence electrons. The Kier molecular flexibility index (Phi) is 3.12. The van der Waals surface area contributed by atoms with Crippen molar-refractivity contribution in [1.82, 2.24) is 0 Å². The minimum Gasteiger partial charge on any atom is -0.468 e. The molecule has 6 nitrogen and oxygen atoms in total. The number of benzene rings is 1. The van der Waals surface area contributed by atoms with Gasteiger partial charge in [0.1, 0.15) is 6.04 Å². The summed E-state index contributed by atoms with van der Waals surface area (Å²) in [5.74, 6) is -1.69. The summed E-state index contributed by atoms with van der Waals surface area (Å²) in [5.41, 5.74) is 7.18. The van der Waals surface area contributed by atoms with Gasteiger partial charge in [0.2, 0.25) is 0 Å². The second-order valence-electron chi connectivity index (χ2n) is 4.00. The van der Waals surface area contributed by atoms with Crippen LogP contribution in [-0.2, 0) is 20.7 Å². The molecule has 0 aromatic heterocycles. The van der Waals surface area contributed by atoms with Crippen molar-refractivity contribution in [3.63, 3.8) is 0 Å². The first-order valence-corrected chi connectivity index (χ1v) is 5.35. The Balaban J connectivity index is 2.19. The number of esters is 1. The van der Waals surface area contributed by atoms with Gasteiger partial charge in [-0.3, -0.25) is 14.4 Å². The summed E-state index contributed by atoms with van der Waals surface area (Å²) in [6, 6.07) is 4.09. The minimum atomic E-state index is -0.763. The maximum absolute atomic E-state index is 11.4. The molecule has 0 fully saturated rings. The van der Waals surface area contributed by atoms with Crippen molar-refractivity contribution in [3.05, 3.63) is 29.3 Å². The Morgan fingerprint density at radius 2 is 2.17 bits per heavy atom. The molecule has 0 aliphatic carbocycles. The maximum Gasteiger partial charge on any atom is 0.322 e. The number of rotatable bonds is 3. The molecule has 1 amide bonds. The van der Waals surface area contributed by atoms with Gasteiger partial charge in [0.05, 0.1) is 18.4 Å². The lowest BCUT2D eigenvalue weighted by atomic mass is 10.0. The highest BCUT2D eigenvalue weighted by Crippen LogP contribution is 2.24. The maximum atomic E-state index is 11.4. The fourth-order valence-electron chi connectivity index (χ4n) is 1.81. The van der Waals surface area contributed by atoms with Crippen molar-refractivity contribution >= 4 is 23.3 Å². The highest BCUT2D eigenvalue weighted by Gasteiger charge is 2.28. The Bertz CT molecular complexity index is 539. The van der Waals surface area contributed by atoms with Crippen LogP contribution in [0.1, 0.15) is 15.9 Å². The molecular formula is C12H12N2O4. The second kappa shape index (κ2) is 4.58. The smallest absolute Gasteiger partial charge is 0.322 e. The van der Waals surface area contributed by atoms with Crippen LogP contribution < -0.4 is 11.1 Å². The lowest BCUT2D eigenvalue weighted by molar-refractivity contribution is -0.142. The van der Waals surface area contributed by atoms with Crippen molar-refractivity contribution < 1.29 is 19.1 Å². The van der Waals surface area contributed by atoms with Crippen molar-refractivity contribution in [1.29, 1.82) is 0 Å². The number of anilines is 1. The van der Waals surface area contributed by atoms with E-state index in [9.17, 15) is 14.4 Å². The average molecular weight is 248 g/mol. The molecule has 6 heteroatoms. The van der Waals surface area contributed by atoms with Crippen molar-refractivity contribution in [2.24, 2.45) is 5.73 Å². The Labute approximate surface area is 103 Å². The summed E-state index contributed by atoms with van der Waals surface area (Å²) in [5, 5.41) is 2.46. The van der Waals surface area contributed by atoms with Gasteiger partial charge in [0, 0.05) is 0 Å². The predicted octanol–water partition coefficient (Wildman–Crippen LogP) is -0.136. The molecule has 1 aliphatic rings. The molecule has 18 heavy (non-hydrogen) atoms. The third-order valence-corrected chi connectivity index (χ3v) is 2.74. The minimum absolute atomic E-state index is 0.282. The van der Waals surface area contributed by atoms with E-state index in [0.717, 1.165) is 5.56 Å². The Morgan fingerprint density at radius 3 is 2.83 bits per heavy atom. The zero-order valence-electron chi connectivity index (χ0n) is 9.73. The standard InChI is InChI=1S/C12H12N2O4/c1-18-12(17)8(13)4-6-2-3-7-9(5-6)14-11(16)10(7)15/h2-3,5,8H,4,13H2,1H3,(H,14,15,16)/t8-/m0/s1. The van der Waals surface area contributed by atoms with Crippen LogP contribution in [0.3, 0.4) is 0 Å². The van der Waals surface area contributed by atoms with Gasteiger partial charge in [0.25, 0.3) is 11.7 Å². The first kappa shape index (κ1) is 12.3. The summed E-state index contributed by atoms with van der Waals surface area (Å²) in [6.45, 7) is 0. The number of hydrogen-bond donors (Lipinski definition) is 2. The van der Waals surface area contributed by atoms with Gasteiger partial charge in [-0.1, -0.05) is 6.07 Å². The number of fused-ring (bicyclic) bond motifs is 1. The van der Waals surface area contributed by atoms with E-state index >= 15 is 0 Å². The van der Waals surface area contributed by atoms with Crippen LogP contribution >= 0.6 is 0 Å². The van der Waals surface area contributed by atoms with Crippen LogP contribution in [0.15, 0.2) is 18.2 Å². The summed E-state index contributed by atoms with van der Waals surface area (Å²) >= 11 is 0. The van der Waals surface area contributed by atoms with Gasteiger partial charge in [-0.25, -0.2) is 0 Å². The van der Waals surface area contributed by atoms with E-state index in [1.165, 1.54) is 7.11 Å². The topological polar surface area (TPSA) is 98.5 Å². The number of methoxy groups -OCH3 is 1. The quantitative estimate of drug-likeness (QED) is 0.573. The van der Waals surface area contributed by atoms with Gasteiger partial charge < -0.3 is 15.8 Å². The number of Topliss-reactive ketones (excluding diaryl/α,β-unsaturated/α-hetero) is 1. The van der Waals surface area contributed by atoms with Crippen LogP contribution in [0.25, 0.3) is 0 Å². The van der Waals surface area contributed by atoms with Crippen molar-refractivity contribution in [2.45, 2.75) is 12.5 Å². The van der Waals surface area contributed by atoms with Crippen molar-refractivity contribution in [3.8, 4) is 0 Å². The molecule has 1 aliphatic heterocycles. The zero-order chi connectivity index (χ0) is 13.3. The van der Waals surface area contributed by atoms with Crippen LogP contribution in [0, 0.1) is 0 Å². The fourth-order valence-corrected chi connectivity index (χ4v) is 1.81. The Morgan fingerprint density at radius 1 is 1.44 bits per heavy atom. The van der Waals surface area contributed by atoms with E-state index in [4.69, 9.17) is 5.73 Å². The summed E-state index contributed by atoms with van der Waals surface area (Å²) in [6.07, 6.45) is 0.282. The van der Waals surface area contributed by atoms with Gasteiger partial charge in [-0.05, 0) is 24.1 Å². The van der Waals surface area contributed by atoms with Crippen LogP contribution in [-0.4, -0.2) is 30.8 Å². The molecule has 0 bridgehead atoms. The molecule has 0 spiro atoms. The molecule has 0 radical (unpaired) electrons. The van der Waals surface area contributed by atoms with E-state index in [-0.39, 0.29) is 6.42 Å². The highest BCUT2D eigenvalue weighted by atomic mass is 16.5. The predicted molar refractivity (Wildman–Crippen MR) is 63.1 cm³/mol. The first-order valence-electron chi connectivity index (χ1n) is 5.35. The summed E-state index contributed by atoms with van der Waals surface area (Å²) in [4.78, 5) is 33.7. The third kappa shape index (κ3) is 2.10. The molecule has 0 saturated carbocycles. The second-order valence-corrected chi connectivity index (χ2v) is 4.00. The van der Waals surface area contributed by atoms with Gasteiger partial charge in [0.15, 0.2) is 0 Å². The molecule has 1 aromatic carbocycles. The van der Waals surface area contributed by atoms with Crippen LogP contribution in [0.2, 0.25) is 0 Å². The number of ketones is 1. The van der Waals surface area contributed by atoms with E-state index in [2.05, 4.69) is 10.1 Å². The SMILES string of the molecule is COC(=O)[C@@H](N)Cc1ccc2c(c1)NC(=O)C2=O. The highest BCUT2D eigenvalue weighted by molar-refractivity contribution is 6.51. The number of carbonyl (C=O) groups excluding carboxylic acids is 3. The van der Waals surface area contributed by atoms with Gasteiger partial charge in [-0.2, -0.15) is 0 Å². The zero-order valence-corrected chi connectivity index (χ0v) is 9.73. The van der Waals surface area contributed by atoms with E-state index < -0.39 is 23.7 Å². The Hall–Kier alpha value is -2.21. The number of ether oxygens (including phenoxy) is 1. The molecule has 1 atom stereocenters. The van der Waals surface area contributed by atoms with Crippen molar-refractivity contribution in [2.75, 3.05) is 12.4 Å². The van der Waals surface area contributed by atoms with Crippen LogP contribution in [0.4, 0.5) is 5.69 Å². The largest absolute Gasteiger partial charge is 0.468 e. The molecule has 0 unspecified atom stereocenters. The lowest BCUT2D eigenvalue weighted by Gasteiger charge is -2.09. The third-order valence-electron chi connectivity index (χ3n) is 2.74. The molecular weight excluding hydrogens is 236 g/mol. The molecule has 1 heterocycles. The average Bonchev–Trinajstić information content (AvgIpc) is 2.63. The first-order chi connectivity index (χ1) is 8.52. The number of nitrogens with two attached hydrogens (primary N) is 1. The number of amides is 1. The van der Waals surface area contributed by atoms with E-state index in [1.807, 2.05) is 0 Å². The molecule has 3 N–H and O–H groups in total. The van der Waals surface area contributed by atoms with E-state index in [1.54, 1.807) is 18.2 Å². The normalized spacial score (nSPS) is 15.0. The number of nitrogens with one attached hydrogen (secondary N) is 1. The van der Waals surface area contributed by atoms with Gasteiger partial charge >= 0.3 is 5.97 Å².